The fraction of sp³-hybridized carbons (Fsp3) is 0.600. The predicted octanol–water partition coefficient (Wildman–Crippen LogP) is 6.91. The zero-order chi connectivity index (χ0) is 24.2. The molecule has 2 N–H and O–H groups in total. The Morgan fingerprint density at radius 3 is 1.30 bits per heavy atom. The lowest BCUT2D eigenvalue weighted by Gasteiger charge is -2.21. The van der Waals surface area contributed by atoms with Crippen LogP contribution in [0, 0.1) is 0 Å². The molecule has 0 fully saturated rings. The van der Waals surface area contributed by atoms with Crippen molar-refractivity contribution in [1.29, 1.82) is 0 Å². The van der Waals surface area contributed by atoms with Gasteiger partial charge in [0.2, 0.25) is 0 Å². The van der Waals surface area contributed by atoms with Crippen LogP contribution < -0.4 is 10.6 Å². The van der Waals surface area contributed by atoms with E-state index in [9.17, 15) is 0 Å². The summed E-state index contributed by atoms with van der Waals surface area (Å²) in [5.41, 5.74) is 11.5. The van der Waals surface area contributed by atoms with Gasteiger partial charge < -0.3 is 15.5 Å². The predicted molar refractivity (Wildman–Crippen MR) is 148 cm³/mol. The maximum Gasteiger partial charge on any atom is 0.0405 e. The van der Waals surface area contributed by atoms with Crippen LogP contribution >= 0.6 is 0 Å². The van der Waals surface area contributed by atoms with Crippen molar-refractivity contribution in [2.75, 3.05) is 43.9 Å². The smallest absolute Gasteiger partial charge is 0.0405 e. The minimum Gasteiger partial charge on any atom is -0.385 e. The van der Waals surface area contributed by atoms with Gasteiger partial charge in [0, 0.05) is 31.0 Å². The molecule has 0 saturated carbocycles. The number of nitrogens with zero attached hydrogens (tertiary/aromatic N) is 1. The largest absolute Gasteiger partial charge is 0.385 e. The Bertz CT molecular complexity index is 806. The third kappa shape index (κ3) is 7.78. The second kappa shape index (κ2) is 14.3. The van der Waals surface area contributed by atoms with Crippen molar-refractivity contribution in [3.8, 4) is 0 Å². The molecule has 0 aliphatic heterocycles. The molecule has 2 aromatic carbocycles. The third-order valence-corrected chi connectivity index (χ3v) is 6.88. The quantitative estimate of drug-likeness (QED) is 0.288. The van der Waals surface area contributed by atoms with E-state index in [0.717, 1.165) is 71.1 Å². The molecule has 0 aliphatic rings. The van der Waals surface area contributed by atoms with Crippen molar-refractivity contribution in [3.63, 3.8) is 0 Å². The van der Waals surface area contributed by atoms with Crippen LogP contribution in [0.2, 0.25) is 0 Å². The molecular weight excluding hydrogens is 402 g/mol. The molecule has 0 spiro atoms. The van der Waals surface area contributed by atoms with Gasteiger partial charge in [0.05, 0.1) is 0 Å². The minimum absolute atomic E-state index is 0.994. The first-order chi connectivity index (χ1) is 16.0. The molecule has 0 bridgehead atoms. The van der Waals surface area contributed by atoms with Gasteiger partial charge in [-0.05, 0) is 91.9 Å². The number of benzene rings is 2. The van der Waals surface area contributed by atoms with Gasteiger partial charge in [-0.2, -0.15) is 0 Å². The van der Waals surface area contributed by atoms with Crippen LogP contribution in [0.1, 0.15) is 81.3 Å². The highest BCUT2D eigenvalue weighted by Crippen LogP contribution is 2.26. The van der Waals surface area contributed by atoms with E-state index >= 15 is 0 Å². The van der Waals surface area contributed by atoms with E-state index in [1.807, 2.05) is 0 Å². The Kier molecular flexibility index (Phi) is 11.8. The molecular formula is C30H49N3. The van der Waals surface area contributed by atoms with Crippen molar-refractivity contribution in [1.82, 2.24) is 4.90 Å². The summed E-state index contributed by atoms with van der Waals surface area (Å²) in [5.74, 6) is 0. The van der Waals surface area contributed by atoms with E-state index in [4.69, 9.17) is 0 Å². The zero-order valence-corrected chi connectivity index (χ0v) is 22.5. The van der Waals surface area contributed by atoms with Crippen molar-refractivity contribution < 1.29 is 0 Å². The van der Waals surface area contributed by atoms with Crippen LogP contribution in [0.15, 0.2) is 24.3 Å². The zero-order valence-electron chi connectivity index (χ0n) is 22.5. The average Bonchev–Trinajstić information content (AvgIpc) is 2.85. The number of anilines is 2. The Labute approximate surface area is 204 Å². The van der Waals surface area contributed by atoms with Crippen molar-refractivity contribution in [2.24, 2.45) is 0 Å². The SMILES string of the molecule is CCc1cc(CC)c(NCCCN(C)CCNc2c(CC)cc(CC)cc2CC)c(CC)c1. The van der Waals surface area contributed by atoms with Crippen LogP contribution in [0.4, 0.5) is 11.4 Å². The Hall–Kier alpha value is -2.00. The van der Waals surface area contributed by atoms with Crippen molar-refractivity contribution in [2.45, 2.75) is 86.5 Å². The molecule has 0 aromatic heterocycles. The van der Waals surface area contributed by atoms with Gasteiger partial charge in [-0.1, -0.05) is 65.8 Å². The summed E-state index contributed by atoms with van der Waals surface area (Å²) in [6, 6.07) is 9.56. The van der Waals surface area contributed by atoms with Crippen LogP contribution in [0.3, 0.4) is 0 Å². The molecule has 0 unspecified atom stereocenters. The fourth-order valence-electron chi connectivity index (χ4n) is 4.70. The first-order valence-corrected chi connectivity index (χ1v) is 13.5. The number of aryl methyl sites for hydroxylation is 6. The minimum atomic E-state index is 0.994. The molecule has 33 heavy (non-hydrogen) atoms. The van der Waals surface area contributed by atoms with Gasteiger partial charge >= 0.3 is 0 Å². The van der Waals surface area contributed by atoms with Gasteiger partial charge in [-0.25, -0.2) is 0 Å². The van der Waals surface area contributed by atoms with Crippen LogP contribution in [0.5, 0.6) is 0 Å². The lowest BCUT2D eigenvalue weighted by molar-refractivity contribution is 0.345. The van der Waals surface area contributed by atoms with E-state index in [0.29, 0.717) is 0 Å². The number of nitrogens with one attached hydrogen (secondary N) is 2. The Balaban J connectivity index is 1.84. The summed E-state index contributed by atoms with van der Waals surface area (Å²) in [7, 11) is 2.24. The summed E-state index contributed by atoms with van der Waals surface area (Å²) in [4.78, 5) is 2.45. The summed E-state index contributed by atoms with van der Waals surface area (Å²) in [6.07, 6.45) is 7.73. The molecule has 0 saturated heterocycles. The molecule has 0 radical (unpaired) electrons. The van der Waals surface area contributed by atoms with Crippen LogP contribution in [0.25, 0.3) is 0 Å². The second-order valence-corrected chi connectivity index (χ2v) is 9.21. The first-order valence-electron chi connectivity index (χ1n) is 13.5. The van der Waals surface area contributed by atoms with Gasteiger partial charge in [0.25, 0.3) is 0 Å². The number of likely N-dealkylation sites (N-methyl/N-ethyl adjacent to an activating group) is 1. The van der Waals surface area contributed by atoms with Gasteiger partial charge in [-0.3, -0.25) is 0 Å². The lowest BCUT2D eigenvalue weighted by atomic mass is 9.98. The molecule has 0 heterocycles. The monoisotopic (exact) mass is 451 g/mol. The molecule has 2 rings (SSSR count). The summed E-state index contributed by atoms with van der Waals surface area (Å²) >= 11 is 0. The Morgan fingerprint density at radius 2 is 0.939 bits per heavy atom. The highest BCUT2D eigenvalue weighted by atomic mass is 15.1. The van der Waals surface area contributed by atoms with Gasteiger partial charge in [0.15, 0.2) is 0 Å². The van der Waals surface area contributed by atoms with Crippen molar-refractivity contribution in [3.05, 3.63) is 57.6 Å². The van der Waals surface area contributed by atoms with Gasteiger partial charge in [0.1, 0.15) is 0 Å². The molecule has 184 valence electrons. The summed E-state index contributed by atoms with van der Waals surface area (Å²) < 4.78 is 0. The number of hydrogen-bond donors (Lipinski definition) is 2. The van der Waals surface area contributed by atoms with Crippen molar-refractivity contribution >= 4 is 11.4 Å². The standard InChI is InChI=1S/C30H49N3/c1-8-23-19-25(10-3)29(26(11-4)20-23)31-15-14-17-33(7)18-16-32-30-27(12-5)21-24(9-2)22-28(30)13-6/h19-22,31-32H,8-18H2,1-7H3. The highest BCUT2D eigenvalue weighted by molar-refractivity contribution is 5.60. The fourth-order valence-corrected chi connectivity index (χ4v) is 4.70. The molecule has 3 heteroatoms. The van der Waals surface area contributed by atoms with Crippen LogP contribution in [-0.2, 0) is 38.5 Å². The molecule has 2 aromatic rings. The average molecular weight is 452 g/mol. The van der Waals surface area contributed by atoms with E-state index in [1.54, 1.807) is 0 Å². The summed E-state index contributed by atoms with van der Waals surface area (Å²) in [5, 5.41) is 7.54. The summed E-state index contributed by atoms with van der Waals surface area (Å²) in [6.45, 7) is 17.8. The van der Waals surface area contributed by atoms with E-state index < -0.39 is 0 Å². The molecule has 3 nitrogen and oxygen atoms in total. The highest BCUT2D eigenvalue weighted by Gasteiger charge is 2.10. The molecule has 0 atom stereocenters. The lowest BCUT2D eigenvalue weighted by Crippen LogP contribution is -2.27. The molecule has 0 aliphatic carbocycles. The maximum atomic E-state index is 3.77. The third-order valence-electron chi connectivity index (χ3n) is 6.88. The van der Waals surface area contributed by atoms with Crippen LogP contribution in [-0.4, -0.2) is 38.1 Å². The normalized spacial score (nSPS) is 11.3. The van der Waals surface area contributed by atoms with E-state index in [1.165, 1.54) is 44.8 Å². The van der Waals surface area contributed by atoms with E-state index in [2.05, 4.69) is 88.4 Å². The number of hydrogen-bond acceptors (Lipinski definition) is 3. The van der Waals surface area contributed by atoms with Gasteiger partial charge in [-0.15, -0.1) is 0 Å². The second-order valence-electron chi connectivity index (χ2n) is 9.21. The maximum absolute atomic E-state index is 3.77. The first kappa shape index (κ1) is 27.2. The van der Waals surface area contributed by atoms with E-state index in [-0.39, 0.29) is 0 Å². The molecule has 0 amide bonds. The topological polar surface area (TPSA) is 27.3 Å². The number of rotatable bonds is 15. The Morgan fingerprint density at radius 1 is 0.545 bits per heavy atom.